The van der Waals surface area contributed by atoms with Crippen LogP contribution in [0, 0.1) is 0 Å². The number of ether oxygens (including phenoxy) is 2. The van der Waals surface area contributed by atoms with Crippen molar-refractivity contribution in [3.63, 3.8) is 0 Å². The van der Waals surface area contributed by atoms with Crippen molar-refractivity contribution >= 4 is 47.5 Å². The highest BCUT2D eigenvalue weighted by Crippen LogP contribution is 2.37. The van der Waals surface area contributed by atoms with Crippen molar-refractivity contribution in [3.8, 4) is 0 Å². The van der Waals surface area contributed by atoms with E-state index in [4.69, 9.17) is 14.0 Å². The highest BCUT2D eigenvalue weighted by Gasteiger charge is 2.52. The van der Waals surface area contributed by atoms with E-state index in [0.29, 0.717) is 23.1 Å². The number of hydrogen-bond donors (Lipinski definition) is 0. The molecule has 0 atom stereocenters. The summed E-state index contributed by atoms with van der Waals surface area (Å²) in [5, 5.41) is 0.608. The first-order valence-electron chi connectivity index (χ1n) is 11.8. The van der Waals surface area contributed by atoms with Crippen LogP contribution in [0.3, 0.4) is 0 Å². The Labute approximate surface area is 209 Å². The van der Waals surface area contributed by atoms with E-state index in [9.17, 15) is 13.2 Å². The average Bonchev–Trinajstić information content (AvgIpc) is 3.21. The summed E-state index contributed by atoms with van der Waals surface area (Å²) in [6.07, 6.45) is 2.95. The fourth-order valence-electron chi connectivity index (χ4n) is 3.58. The van der Waals surface area contributed by atoms with Crippen LogP contribution in [0.5, 0.6) is 0 Å². The van der Waals surface area contributed by atoms with Crippen molar-refractivity contribution in [3.05, 3.63) is 18.5 Å². The smallest absolute Gasteiger partial charge is 0.469 e. The van der Waals surface area contributed by atoms with Crippen molar-refractivity contribution in [2.75, 3.05) is 19.5 Å². The third kappa shape index (κ3) is 6.34. The Bertz CT molecular complexity index is 1170. The number of hydrogen-bond acceptors (Lipinski definition) is 8. The van der Waals surface area contributed by atoms with Gasteiger partial charge in [0.15, 0.2) is 9.84 Å². The molecule has 1 aliphatic heterocycles. The molecule has 0 bridgehead atoms. The van der Waals surface area contributed by atoms with Crippen molar-refractivity contribution in [2.45, 2.75) is 82.6 Å². The molecule has 1 saturated heterocycles. The van der Waals surface area contributed by atoms with Crippen LogP contribution >= 0.6 is 0 Å². The summed E-state index contributed by atoms with van der Waals surface area (Å²) in [6, 6.07) is 2.61. The Morgan fingerprint density at radius 3 is 2.37 bits per heavy atom. The Morgan fingerprint density at radius 1 is 1.17 bits per heavy atom. The second-order valence-corrected chi connectivity index (χ2v) is 18.9. The van der Waals surface area contributed by atoms with Crippen LogP contribution in [-0.2, 0) is 40.1 Å². The summed E-state index contributed by atoms with van der Waals surface area (Å²) >= 11 is 0. The minimum Gasteiger partial charge on any atom is -0.469 e. The van der Waals surface area contributed by atoms with Crippen LogP contribution in [0.4, 0.5) is 0 Å². The van der Waals surface area contributed by atoms with E-state index >= 15 is 0 Å². The van der Waals surface area contributed by atoms with Gasteiger partial charge in [0.05, 0.1) is 35.4 Å². The number of esters is 1. The number of rotatable bonds is 10. The highest BCUT2D eigenvalue weighted by atomic mass is 32.2. The number of fused-ring (bicyclic) bond motifs is 1. The fraction of sp³-hybridized carbons (Fsp3) is 0.652. The van der Waals surface area contributed by atoms with E-state index in [0.717, 1.165) is 6.04 Å². The Morgan fingerprint density at radius 2 is 1.80 bits per heavy atom. The zero-order valence-corrected chi connectivity index (χ0v) is 23.8. The molecule has 1 fully saturated rings. The lowest BCUT2D eigenvalue weighted by molar-refractivity contribution is -0.140. The van der Waals surface area contributed by atoms with Crippen molar-refractivity contribution < 1.29 is 32.0 Å². The van der Waals surface area contributed by atoms with Crippen LogP contribution in [0.25, 0.3) is 11.0 Å². The lowest BCUT2D eigenvalue weighted by atomic mass is 9.79. The zero-order chi connectivity index (χ0) is 26.2. The summed E-state index contributed by atoms with van der Waals surface area (Å²) in [4.78, 5) is 16.0. The number of nitrogens with zero attached hydrogens (tertiary/aromatic N) is 2. The molecule has 0 amide bonds. The molecule has 0 unspecified atom stereocenters. The molecule has 3 heterocycles. The minimum absolute atomic E-state index is 0.0315. The molecule has 0 radical (unpaired) electrons. The van der Waals surface area contributed by atoms with Gasteiger partial charge in [0.2, 0.25) is 0 Å². The quantitative estimate of drug-likeness (QED) is 0.265. The molecule has 12 heteroatoms. The summed E-state index contributed by atoms with van der Waals surface area (Å²) in [5.41, 5.74) is 0.148. The Balaban J connectivity index is 1.98. The number of carbonyl (C=O) groups excluding carboxylic acids is 1. The fourth-order valence-corrected chi connectivity index (χ4v) is 5.52. The maximum atomic E-state index is 12.9. The first-order valence-corrected chi connectivity index (χ1v) is 17.1. The predicted molar refractivity (Wildman–Crippen MR) is 138 cm³/mol. The molecule has 0 aliphatic carbocycles. The first kappa shape index (κ1) is 27.9. The Kier molecular flexibility index (Phi) is 7.93. The van der Waals surface area contributed by atoms with E-state index < -0.39 is 42.2 Å². The molecule has 0 spiro atoms. The third-order valence-corrected chi connectivity index (χ3v) is 10.0. The molecular weight excluding hydrogens is 487 g/mol. The molecule has 9 nitrogen and oxygen atoms in total. The number of aromatic nitrogens is 2. The summed E-state index contributed by atoms with van der Waals surface area (Å²) < 4.78 is 50.7. The molecule has 0 N–H and O–H groups in total. The van der Waals surface area contributed by atoms with Gasteiger partial charge in [0, 0.05) is 37.9 Å². The normalized spacial score (nSPS) is 17.8. The lowest BCUT2D eigenvalue weighted by Gasteiger charge is -2.32. The predicted octanol–water partition coefficient (Wildman–Crippen LogP) is 2.98. The second-order valence-electron chi connectivity index (χ2n) is 11.2. The summed E-state index contributed by atoms with van der Waals surface area (Å²) in [5.74, 6) is -0.943. The van der Waals surface area contributed by atoms with E-state index in [2.05, 4.69) is 29.4 Å². The topological polar surface area (TPSA) is 106 Å². The van der Waals surface area contributed by atoms with Crippen LogP contribution in [0.1, 0.15) is 34.1 Å². The second kappa shape index (κ2) is 9.97. The molecule has 1 aliphatic rings. The molecule has 0 aromatic carbocycles. The van der Waals surface area contributed by atoms with Crippen LogP contribution in [0.2, 0.25) is 25.7 Å². The molecule has 2 aromatic rings. The van der Waals surface area contributed by atoms with E-state index in [1.54, 1.807) is 6.07 Å². The SMILES string of the molecule is COC(=O)CCS(=O)(=O)c1cnc2c(c1)c(B1OC(C)(C)C(C)(C)O1)cn2COCC[Si](C)(C)C. The van der Waals surface area contributed by atoms with Crippen molar-refractivity contribution in [1.82, 2.24) is 9.55 Å². The van der Waals surface area contributed by atoms with Gasteiger partial charge in [-0.1, -0.05) is 19.6 Å². The number of pyridine rings is 1. The monoisotopic (exact) mass is 524 g/mol. The van der Waals surface area contributed by atoms with Gasteiger partial charge in [-0.05, 0) is 39.8 Å². The number of sulfone groups is 1. The maximum Gasteiger partial charge on any atom is 0.497 e. The Hall–Kier alpha value is -1.73. The van der Waals surface area contributed by atoms with Gasteiger partial charge < -0.3 is 23.3 Å². The van der Waals surface area contributed by atoms with Gasteiger partial charge in [0.25, 0.3) is 0 Å². The van der Waals surface area contributed by atoms with Gasteiger partial charge in [-0.15, -0.1) is 0 Å². The van der Waals surface area contributed by atoms with Crippen molar-refractivity contribution in [2.24, 2.45) is 0 Å². The first-order chi connectivity index (χ1) is 16.1. The number of methoxy groups -OCH3 is 1. The minimum atomic E-state index is -3.75. The maximum absolute atomic E-state index is 12.9. The van der Waals surface area contributed by atoms with E-state index in [-0.39, 0.29) is 23.8 Å². The van der Waals surface area contributed by atoms with Crippen LogP contribution < -0.4 is 5.46 Å². The molecule has 3 rings (SSSR count). The van der Waals surface area contributed by atoms with Crippen LogP contribution in [0.15, 0.2) is 23.4 Å². The summed E-state index contributed by atoms with van der Waals surface area (Å²) in [6.45, 7) is 15.7. The molecular formula is C23H37BN2O7SSi. The van der Waals surface area contributed by atoms with Gasteiger partial charge in [-0.2, -0.15) is 0 Å². The standard InChI is InChI=1S/C23H37BN2O7SSi/c1-22(2)23(3,4)33-24(32-22)19-15-26(16-31-10-12-35(6,7)8)21-18(19)13-17(14-25-21)34(28,29)11-9-20(27)30-5/h13-15H,9-12,16H2,1-8H3. The van der Waals surface area contributed by atoms with Crippen molar-refractivity contribution in [1.29, 1.82) is 0 Å². The van der Waals surface area contributed by atoms with Gasteiger partial charge in [-0.25, -0.2) is 13.4 Å². The zero-order valence-electron chi connectivity index (χ0n) is 22.0. The van der Waals surface area contributed by atoms with Crippen LogP contribution in [-0.4, -0.2) is 69.8 Å². The van der Waals surface area contributed by atoms with Gasteiger partial charge in [-0.3, -0.25) is 4.79 Å². The van der Waals surface area contributed by atoms with E-state index in [1.165, 1.54) is 13.3 Å². The molecule has 194 valence electrons. The third-order valence-electron chi connectivity index (χ3n) is 6.62. The highest BCUT2D eigenvalue weighted by molar-refractivity contribution is 7.91. The van der Waals surface area contributed by atoms with Gasteiger partial charge in [0.1, 0.15) is 12.4 Å². The largest absolute Gasteiger partial charge is 0.497 e. The molecule has 0 saturated carbocycles. The molecule has 2 aromatic heterocycles. The lowest BCUT2D eigenvalue weighted by Crippen LogP contribution is -2.41. The molecule has 35 heavy (non-hydrogen) atoms. The summed E-state index contributed by atoms with van der Waals surface area (Å²) in [7, 11) is -4.45. The van der Waals surface area contributed by atoms with Gasteiger partial charge >= 0.3 is 13.1 Å². The van der Waals surface area contributed by atoms with E-state index in [1.807, 2.05) is 38.5 Å². The average molecular weight is 525 g/mol. The number of carbonyl (C=O) groups is 1.